The maximum Gasteiger partial charge on any atom is 0.251 e. The SMILES string of the molecule is CCN[C@H](C)CNC(=O)c1ccc(Br)c(F)c1.Cl. The molecule has 0 spiro atoms. The fraction of sp³-hybridized carbons (Fsp3) is 0.417. The van der Waals surface area contributed by atoms with Crippen molar-refractivity contribution >= 4 is 34.2 Å². The predicted molar refractivity (Wildman–Crippen MR) is 76.8 cm³/mol. The summed E-state index contributed by atoms with van der Waals surface area (Å²) in [5, 5.41) is 5.92. The fourth-order valence-corrected chi connectivity index (χ4v) is 1.65. The standard InChI is InChI=1S/C12H16BrFN2O.ClH/c1-3-15-8(2)7-16-12(17)9-4-5-10(13)11(14)6-9;/h4-6,8,15H,3,7H2,1-2H3,(H,16,17);1H/t8-;/m1./s1. The summed E-state index contributed by atoms with van der Waals surface area (Å²) < 4.78 is 13.6. The number of rotatable bonds is 5. The average molecular weight is 340 g/mol. The molecule has 0 bridgehead atoms. The minimum absolute atomic E-state index is 0. The number of carbonyl (C=O) groups is 1. The first-order valence-electron chi connectivity index (χ1n) is 5.51. The third-order valence-electron chi connectivity index (χ3n) is 2.30. The zero-order chi connectivity index (χ0) is 12.8. The van der Waals surface area contributed by atoms with Gasteiger partial charge in [0.15, 0.2) is 0 Å². The smallest absolute Gasteiger partial charge is 0.251 e. The van der Waals surface area contributed by atoms with Crippen LogP contribution in [0.2, 0.25) is 0 Å². The van der Waals surface area contributed by atoms with Crippen molar-refractivity contribution in [3.63, 3.8) is 0 Å². The van der Waals surface area contributed by atoms with Crippen molar-refractivity contribution in [2.75, 3.05) is 13.1 Å². The van der Waals surface area contributed by atoms with Crippen LogP contribution in [-0.4, -0.2) is 25.0 Å². The first-order valence-corrected chi connectivity index (χ1v) is 6.30. The van der Waals surface area contributed by atoms with Crippen LogP contribution in [0, 0.1) is 5.82 Å². The molecule has 2 N–H and O–H groups in total. The number of likely N-dealkylation sites (N-methyl/N-ethyl adjacent to an activating group) is 1. The lowest BCUT2D eigenvalue weighted by Crippen LogP contribution is -2.38. The van der Waals surface area contributed by atoms with E-state index in [9.17, 15) is 9.18 Å². The Morgan fingerprint density at radius 1 is 1.50 bits per heavy atom. The molecule has 0 aromatic heterocycles. The molecule has 0 saturated heterocycles. The second-order valence-corrected chi connectivity index (χ2v) is 4.65. The van der Waals surface area contributed by atoms with E-state index in [4.69, 9.17) is 0 Å². The van der Waals surface area contributed by atoms with Crippen LogP contribution in [0.4, 0.5) is 4.39 Å². The van der Waals surface area contributed by atoms with Gasteiger partial charge in [-0.2, -0.15) is 0 Å². The van der Waals surface area contributed by atoms with Gasteiger partial charge in [0.1, 0.15) is 5.82 Å². The van der Waals surface area contributed by atoms with Gasteiger partial charge in [0.05, 0.1) is 4.47 Å². The van der Waals surface area contributed by atoms with Crippen LogP contribution in [0.5, 0.6) is 0 Å². The minimum atomic E-state index is -0.433. The van der Waals surface area contributed by atoms with E-state index in [-0.39, 0.29) is 24.4 Å². The maximum atomic E-state index is 13.2. The summed E-state index contributed by atoms with van der Waals surface area (Å²) in [6.07, 6.45) is 0. The molecule has 0 fully saturated rings. The van der Waals surface area contributed by atoms with E-state index in [1.807, 2.05) is 13.8 Å². The van der Waals surface area contributed by atoms with Crippen molar-refractivity contribution in [2.45, 2.75) is 19.9 Å². The van der Waals surface area contributed by atoms with Gasteiger partial charge in [-0.25, -0.2) is 4.39 Å². The lowest BCUT2D eigenvalue weighted by Gasteiger charge is -2.13. The van der Waals surface area contributed by atoms with Gasteiger partial charge in [-0.15, -0.1) is 12.4 Å². The van der Waals surface area contributed by atoms with Crippen molar-refractivity contribution in [3.8, 4) is 0 Å². The minimum Gasteiger partial charge on any atom is -0.350 e. The molecule has 0 aliphatic rings. The van der Waals surface area contributed by atoms with Gasteiger partial charge in [0.25, 0.3) is 5.91 Å². The molecule has 102 valence electrons. The van der Waals surface area contributed by atoms with E-state index in [0.717, 1.165) is 6.54 Å². The zero-order valence-corrected chi connectivity index (χ0v) is 12.7. The molecule has 1 aromatic carbocycles. The molecule has 18 heavy (non-hydrogen) atoms. The molecule has 0 saturated carbocycles. The summed E-state index contributed by atoms with van der Waals surface area (Å²) in [6.45, 7) is 5.35. The van der Waals surface area contributed by atoms with E-state index in [1.54, 1.807) is 6.07 Å². The number of benzene rings is 1. The second kappa shape index (κ2) is 8.45. The quantitative estimate of drug-likeness (QED) is 0.866. The summed E-state index contributed by atoms with van der Waals surface area (Å²) in [5.41, 5.74) is 0.328. The van der Waals surface area contributed by atoms with Crippen LogP contribution in [0.25, 0.3) is 0 Å². The van der Waals surface area contributed by atoms with E-state index < -0.39 is 5.82 Å². The normalized spacial score (nSPS) is 11.6. The third-order valence-corrected chi connectivity index (χ3v) is 2.95. The summed E-state index contributed by atoms with van der Waals surface area (Å²) >= 11 is 3.04. The summed E-state index contributed by atoms with van der Waals surface area (Å²) in [5.74, 6) is -0.696. The van der Waals surface area contributed by atoms with Crippen LogP contribution in [0.3, 0.4) is 0 Å². The second-order valence-electron chi connectivity index (χ2n) is 3.80. The number of carbonyl (C=O) groups excluding carboxylic acids is 1. The van der Waals surface area contributed by atoms with Gasteiger partial charge in [0, 0.05) is 18.2 Å². The molecule has 3 nitrogen and oxygen atoms in total. The highest BCUT2D eigenvalue weighted by Gasteiger charge is 2.09. The molecule has 6 heteroatoms. The summed E-state index contributed by atoms with van der Waals surface area (Å²) in [4.78, 5) is 11.7. The predicted octanol–water partition coefficient (Wildman–Crippen LogP) is 2.74. The van der Waals surface area contributed by atoms with Crippen LogP contribution in [0.1, 0.15) is 24.2 Å². The summed E-state index contributed by atoms with van der Waals surface area (Å²) in [6, 6.07) is 4.53. The molecule has 1 atom stereocenters. The number of nitrogens with one attached hydrogen (secondary N) is 2. The molecule has 0 radical (unpaired) electrons. The molecular weight excluding hydrogens is 322 g/mol. The molecule has 1 rings (SSSR count). The number of hydrogen-bond donors (Lipinski definition) is 2. The van der Waals surface area contributed by atoms with Gasteiger partial charge in [0.2, 0.25) is 0 Å². The van der Waals surface area contributed by atoms with E-state index in [0.29, 0.717) is 16.6 Å². The van der Waals surface area contributed by atoms with Crippen LogP contribution < -0.4 is 10.6 Å². The highest BCUT2D eigenvalue weighted by atomic mass is 79.9. The lowest BCUT2D eigenvalue weighted by atomic mass is 10.2. The zero-order valence-electron chi connectivity index (χ0n) is 10.3. The van der Waals surface area contributed by atoms with Gasteiger partial charge >= 0.3 is 0 Å². The highest BCUT2D eigenvalue weighted by molar-refractivity contribution is 9.10. The Kier molecular flexibility index (Phi) is 8.15. The Morgan fingerprint density at radius 2 is 2.17 bits per heavy atom. The first kappa shape index (κ1) is 17.4. The van der Waals surface area contributed by atoms with Crippen LogP contribution in [-0.2, 0) is 0 Å². The van der Waals surface area contributed by atoms with Crippen LogP contribution >= 0.6 is 28.3 Å². The number of halogens is 3. The topological polar surface area (TPSA) is 41.1 Å². The van der Waals surface area contributed by atoms with Gasteiger partial charge < -0.3 is 10.6 Å². The molecule has 0 unspecified atom stereocenters. The maximum absolute atomic E-state index is 13.2. The van der Waals surface area contributed by atoms with Crippen LogP contribution in [0.15, 0.2) is 22.7 Å². The first-order chi connectivity index (χ1) is 8.04. The van der Waals surface area contributed by atoms with E-state index in [1.165, 1.54) is 12.1 Å². The third kappa shape index (κ3) is 5.33. The fourth-order valence-electron chi connectivity index (χ4n) is 1.41. The number of hydrogen-bond acceptors (Lipinski definition) is 2. The van der Waals surface area contributed by atoms with Crippen molar-refractivity contribution in [3.05, 3.63) is 34.1 Å². The monoisotopic (exact) mass is 338 g/mol. The van der Waals surface area contributed by atoms with Crippen molar-refractivity contribution in [2.24, 2.45) is 0 Å². The van der Waals surface area contributed by atoms with Gasteiger partial charge in [-0.05, 0) is 47.6 Å². The average Bonchev–Trinajstić information content (AvgIpc) is 2.30. The molecular formula is C12H17BrClFN2O. The van der Waals surface area contributed by atoms with Gasteiger partial charge in [-0.1, -0.05) is 6.92 Å². The largest absolute Gasteiger partial charge is 0.350 e. The Bertz CT molecular complexity index is 404. The molecule has 0 heterocycles. The molecule has 0 aliphatic heterocycles. The van der Waals surface area contributed by atoms with Gasteiger partial charge in [-0.3, -0.25) is 4.79 Å². The lowest BCUT2D eigenvalue weighted by molar-refractivity contribution is 0.0950. The van der Waals surface area contributed by atoms with E-state index in [2.05, 4.69) is 26.6 Å². The Hall–Kier alpha value is -0.650. The molecule has 0 aliphatic carbocycles. The number of amides is 1. The Morgan fingerprint density at radius 3 is 2.72 bits per heavy atom. The van der Waals surface area contributed by atoms with E-state index >= 15 is 0 Å². The summed E-state index contributed by atoms with van der Waals surface area (Å²) in [7, 11) is 0. The Labute approximate surface area is 121 Å². The molecule has 1 aromatic rings. The Balaban J connectivity index is 0.00000289. The van der Waals surface area contributed by atoms with Crippen molar-refractivity contribution in [1.29, 1.82) is 0 Å². The highest BCUT2D eigenvalue weighted by Crippen LogP contribution is 2.16. The van der Waals surface area contributed by atoms with Crippen molar-refractivity contribution < 1.29 is 9.18 Å². The van der Waals surface area contributed by atoms with Crippen molar-refractivity contribution in [1.82, 2.24) is 10.6 Å². The molecule has 1 amide bonds.